The Kier molecular flexibility index (Phi) is 3.67. The van der Waals surface area contributed by atoms with Gasteiger partial charge >= 0.3 is 0 Å². The van der Waals surface area contributed by atoms with Gasteiger partial charge in [-0.2, -0.15) is 0 Å². The summed E-state index contributed by atoms with van der Waals surface area (Å²) >= 11 is 0. The second kappa shape index (κ2) is 4.93. The number of halogens is 1. The topological polar surface area (TPSA) is 78.4 Å². The number of hydrogen-bond acceptors (Lipinski definition) is 4. The van der Waals surface area contributed by atoms with Gasteiger partial charge in [-0.3, -0.25) is 0 Å². The van der Waals surface area contributed by atoms with E-state index in [-0.39, 0.29) is 11.4 Å². The molecule has 100 valence electrons. The van der Waals surface area contributed by atoms with Crippen LogP contribution in [0.2, 0.25) is 0 Å². The maximum atomic E-state index is 12.7. The van der Waals surface area contributed by atoms with Crippen molar-refractivity contribution in [1.29, 1.82) is 0 Å². The molecule has 1 aromatic rings. The Balaban J connectivity index is 2.05. The summed E-state index contributed by atoms with van der Waals surface area (Å²) < 4.78 is 38.8. The number of aliphatic hydroxyl groups is 1. The van der Waals surface area contributed by atoms with Crippen molar-refractivity contribution in [2.24, 2.45) is 0 Å². The molecule has 7 heteroatoms. The van der Waals surface area contributed by atoms with Crippen LogP contribution in [0.15, 0.2) is 29.2 Å². The van der Waals surface area contributed by atoms with Gasteiger partial charge in [-0.1, -0.05) is 0 Å². The number of β-amino-alcohol motifs (C(OH)–C–C–N with tert-alkyl or cyclic N) is 1. The first-order valence-corrected chi connectivity index (χ1v) is 7.08. The molecule has 0 aromatic heterocycles. The van der Waals surface area contributed by atoms with E-state index in [1.165, 1.54) is 12.1 Å². The Morgan fingerprint density at radius 2 is 2.06 bits per heavy atom. The summed E-state index contributed by atoms with van der Waals surface area (Å²) in [7, 11) is -3.71. The van der Waals surface area contributed by atoms with Crippen molar-refractivity contribution in [1.82, 2.24) is 10.0 Å². The van der Waals surface area contributed by atoms with Crippen LogP contribution in [0.5, 0.6) is 0 Å². The fourth-order valence-corrected chi connectivity index (χ4v) is 2.93. The van der Waals surface area contributed by atoms with Crippen molar-refractivity contribution in [3.05, 3.63) is 30.1 Å². The lowest BCUT2D eigenvalue weighted by Crippen LogP contribution is -2.44. The molecule has 0 spiro atoms. The first kappa shape index (κ1) is 13.4. The molecule has 0 aliphatic carbocycles. The third-order valence-corrected chi connectivity index (χ3v) is 4.35. The largest absolute Gasteiger partial charge is 0.387 e. The smallest absolute Gasteiger partial charge is 0.240 e. The molecule has 3 N–H and O–H groups in total. The SMILES string of the molecule is O=S(=O)(NCC1(O)CCNC1)c1ccc(F)cc1. The van der Waals surface area contributed by atoms with Gasteiger partial charge in [-0.25, -0.2) is 17.5 Å². The van der Waals surface area contributed by atoms with Gasteiger partial charge in [0, 0.05) is 13.1 Å². The molecule has 0 amide bonds. The van der Waals surface area contributed by atoms with Gasteiger partial charge in [0.25, 0.3) is 0 Å². The minimum absolute atomic E-state index is 0.0153. The highest BCUT2D eigenvalue weighted by Crippen LogP contribution is 2.15. The van der Waals surface area contributed by atoms with E-state index in [0.717, 1.165) is 12.1 Å². The van der Waals surface area contributed by atoms with E-state index in [2.05, 4.69) is 10.0 Å². The highest BCUT2D eigenvalue weighted by atomic mass is 32.2. The van der Waals surface area contributed by atoms with Crippen molar-refractivity contribution < 1.29 is 17.9 Å². The lowest BCUT2D eigenvalue weighted by Gasteiger charge is -2.21. The predicted molar refractivity (Wildman–Crippen MR) is 64.0 cm³/mol. The van der Waals surface area contributed by atoms with Gasteiger partial charge < -0.3 is 10.4 Å². The normalized spacial score (nSPS) is 24.3. The van der Waals surface area contributed by atoms with Crippen LogP contribution in [0.4, 0.5) is 4.39 Å². The summed E-state index contributed by atoms with van der Waals surface area (Å²) in [6, 6.07) is 4.55. The number of benzene rings is 1. The fourth-order valence-electron chi connectivity index (χ4n) is 1.81. The van der Waals surface area contributed by atoms with Crippen molar-refractivity contribution in [2.75, 3.05) is 19.6 Å². The summed E-state index contributed by atoms with van der Waals surface area (Å²) in [6.45, 7) is 0.966. The lowest BCUT2D eigenvalue weighted by atomic mass is 10.1. The first-order valence-electron chi connectivity index (χ1n) is 5.60. The molecule has 2 rings (SSSR count). The maximum absolute atomic E-state index is 12.7. The zero-order valence-corrected chi connectivity index (χ0v) is 10.5. The Morgan fingerprint density at radius 3 is 2.61 bits per heavy atom. The van der Waals surface area contributed by atoms with Gasteiger partial charge in [0.1, 0.15) is 5.82 Å². The molecule has 1 aliphatic rings. The second-order valence-corrected chi connectivity index (χ2v) is 6.20. The van der Waals surface area contributed by atoms with E-state index in [4.69, 9.17) is 0 Å². The Bertz CT molecular complexity index is 510. The van der Waals surface area contributed by atoms with Crippen LogP contribution in [0, 0.1) is 5.82 Å². The van der Waals surface area contributed by atoms with Crippen LogP contribution in [0.1, 0.15) is 6.42 Å². The highest BCUT2D eigenvalue weighted by Gasteiger charge is 2.32. The van der Waals surface area contributed by atoms with Crippen LogP contribution in [-0.2, 0) is 10.0 Å². The molecule has 0 bridgehead atoms. The van der Waals surface area contributed by atoms with Crippen molar-refractivity contribution in [2.45, 2.75) is 16.9 Å². The minimum Gasteiger partial charge on any atom is -0.387 e. The molecule has 1 heterocycles. The zero-order chi connectivity index (χ0) is 13.2. The van der Waals surface area contributed by atoms with Crippen LogP contribution in [0.3, 0.4) is 0 Å². The van der Waals surface area contributed by atoms with E-state index >= 15 is 0 Å². The van der Waals surface area contributed by atoms with Gasteiger partial charge in [-0.15, -0.1) is 0 Å². The molecule has 1 aromatic carbocycles. The fraction of sp³-hybridized carbons (Fsp3) is 0.455. The Morgan fingerprint density at radius 1 is 1.39 bits per heavy atom. The average molecular weight is 274 g/mol. The van der Waals surface area contributed by atoms with Crippen molar-refractivity contribution in [3.63, 3.8) is 0 Å². The summed E-state index contributed by atoms with van der Waals surface area (Å²) in [6.07, 6.45) is 0.499. The molecular formula is C11H15FN2O3S. The summed E-state index contributed by atoms with van der Waals surface area (Å²) in [5, 5.41) is 13.0. The van der Waals surface area contributed by atoms with Gasteiger partial charge in [-0.05, 0) is 37.2 Å². The van der Waals surface area contributed by atoms with E-state index in [0.29, 0.717) is 19.5 Å². The number of nitrogens with one attached hydrogen (secondary N) is 2. The van der Waals surface area contributed by atoms with E-state index in [1.54, 1.807) is 0 Å². The lowest BCUT2D eigenvalue weighted by molar-refractivity contribution is 0.0667. The molecule has 1 atom stereocenters. The molecule has 1 fully saturated rings. The van der Waals surface area contributed by atoms with Crippen LogP contribution in [-0.4, -0.2) is 38.8 Å². The standard InChI is InChI=1S/C11H15FN2O3S/c12-9-1-3-10(4-2-9)18(16,17)14-8-11(15)5-6-13-7-11/h1-4,13-15H,5-8H2. The van der Waals surface area contributed by atoms with E-state index in [1.807, 2.05) is 0 Å². The van der Waals surface area contributed by atoms with Crippen molar-refractivity contribution >= 4 is 10.0 Å². The van der Waals surface area contributed by atoms with Gasteiger partial charge in [0.15, 0.2) is 0 Å². The molecule has 1 saturated heterocycles. The van der Waals surface area contributed by atoms with Crippen molar-refractivity contribution in [3.8, 4) is 0 Å². The third-order valence-electron chi connectivity index (χ3n) is 2.94. The maximum Gasteiger partial charge on any atom is 0.240 e. The Hall–Kier alpha value is -1.02. The number of hydrogen-bond donors (Lipinski definition) is 3. The third kappa shape index (κ3) is 3.05. The molecular weight excluding hydrogens is 259 g/mol. The van der Waals surface area contributed by atoms with Gasteiger partial charge in [0.05, 0.1) is 10.5 Å². The minimum atomic E-state index is -3.71. The van der Waals surface area contributed by atoms with E-state index < -0.39 is 21.4 Å². The second-order valence-electron chi connectivity index (χ2n) is 4.43. The molecule has 18 heavy (non-hydrogen) atoms. The molecule has 1 unspecified atom stereocenters. The highest BCUT2D eigenvalue weighted by molar-refractivity contribution is 7.89. The number of rotatable bonds is 4. The van der Waals surface area contributed by atoms with Crippen LogP contribution in [0.25, 0.3) is 0 Å². The molecule has 0 radical (unpaired) electrons. The predicted octanol–water partition coefficient (Wildman–Crippen LogP) is -0.172. The summed E-state index contributed by atoms with van der Waals surface area (Å²) in [5.41, 5.74) is -1.05. The Labute approximate surface area is 105 Å². The number of sulfonamides is 1. The molecule has 1 aliphatic heterocycles. The van der Waals surface area contributed by atoms with E-state index in [9.17, 15) is 17.9 Å². The molecule has 0 saturated carbocycles. The summed E-state index contributed by atoms with van der Waals surface area (Å²) in [4.78, 5) is -0.0153. The average Bonchev–Trinajstić information content (AvgIpc) is 2.75. The summed E-state index contributed by atoms with van der Waals surface area (Å²) in [5.74, 6) is -0.493. The molecule has 5 nitrogen and oxygen atoms in total. The quantitative estimate of drug-likeness (QED) is 0.712. The zero-order valence-electron chi connectivity index (χ0n) is 9.69. The monoisotopic (exact) mass is 274 g/mol. The first-order chi connectivity index (χ1) is 8.41. The van der Waals surface area contributed by atoms with Crippen LogP contribution < -0.4 is 10.0 Å². The van der Waals surface area contributed by atoms with Crippen LogP contribution >= 0.6 is 0 Å². The van der Waals surface area contributed by atoms with Gasteiger partial charge in [0.2, 0.25) is 10.0 Å².